The lowest BCUT2D eigenvalue weighted by molar-refractivity contribution is 0.666. The standard InChI is InChI=1S/C52H33N3O/c1-4-14-35(15-5-1)49-53-50(36-16-6-2-7-17-36)55-51(54-49)37-26-24-34(25-27-37)38-28-30-43-44-31-29-40(33-48(44)56-47(43)32-38)52(39-18-8-3-9-19-39)45-22-12-10-20-41(45)42-21-11-13-23-46(42)52/h1-33H. The van der Waals surface area contributed by atoms with Crippen molar-refractivity contribution >= 4 is 21.9 Å². The minimum atomic E-state index is -0.475. The maximum Gasteiger partial charge on any atom is 0.164 e. The third kappa shape index (κ3) is 5.04. The fourth-order valence-corrected chi connectivity index (χ4v) is 8.65. The van der Waals surface area contributed by atoms with Crippen molar-refractivity contribution in [2.45, 2.75) is 5.41 Å². The highest BCUT2D eigenvalue weighted by Crippen LogP contribution is 2.56. The molecule has 0 fully saturated rings. The van der Waals surface area contributed by atoms with E-state index in [-0.39, 0.29) is 0 Å². The van der Waals surface area contributed by atoms with Crippen LogP contribution in [0.3, 0.4) is 0 Å². The first-order valence-electron chi connectivity index (χ1n) is 18.9. The zero-order valence-electron chi connectivity index (χ0n) is 30.3. The van der Waals surface area contributed by atoms with Gasteiger partial charge >= 0.3 is 0 Å². The van der Waals surface area contributed by atoms with Gasteiger partial charge in [-0.15, -0.1) is 0 Å². The van der Waals surface area contributed by atoms with Gasteiger partial charge in [0.2, 0.25) is 0 Å². The fourth-order valence-electron chi connectivity index (χ4n) is 8.65. The number of rotatable bonds is 6. The Morgan fingerprint density at radius 1 is 0.321 bits per heavy atom. The van der Waals surface area contributed by atoms with Crippen molar-refractivity contribution in [1.82, 2.24) is 15.0 Å². The Bertz CT molecular complexity index is 2960. The Hall–Kier alpha value is -7.43. The number of furan rings is 1. The van der Waals surface area contributed by atoms with Crippen molar-refractivity contribution in [3.05, 3.63) is 222 Å². The molecule has 1 aliphatic carbocycles. The Morgan fingerprint density at radius 2 is 0.750 bits per heavy atom. The second kappa shape index (κ2) is 12.9. The molecule has 0 spiro atoms. The molecule has 4 heteroatoms. The number of hydrogen-bond donors (Lipinski definition) is 0. The Morgan fingerprint density at radius 3 is 1.32 bits per heavy atom. The zero-order valence-corrected chi connectivity index (χ0v) is 30.3. The van der Waals surface area contributed by atoms with Crippen LogP contribution in [0.5, 0.6) is 0 Å². The molecule has 2 heterocycles. The van der Waals surface area contributed by atoms with Crippen LogP contribution in [-0.4, -0.2) is 15.0 Å². The third-order valence-electron chi connectivity index (χ3n) is 11.2. The van der Waals surface area contributed by atoms with Crippen LogP contribution in [0.15, 0.2) is 205 Å². The van der Waals surface area contributed by atoms with Gasteiger partial charge in [-0.3, -0.25) is 0 Å². The Kier molecular flexibility index (Phi) is 7.36. The highest BCUT2D eigenvalue weighted by Gasteiger charge is 2.46. The monoisotopic (exact) mass is 715 g/mol. The number of aromatic nitrogens is 3. The van der Waals surface area contributed by atoms with Crippen molar-refractivity contribution in [1.29, 1.82) is 0 Å². The molecule has 8 aromatic carbocycles. The predicted octanol–water partition coefficient (Wildman–Crippen LogP) is 12.8. The van der Waals surface area contributed by atoms with Gasteiger partial charge in [0, 0.05) is 27.5 Å². The molecular weight excluding hydrogens is 683 g/mol. The first-order valence-corrected chi connectivity index (χ1v) is 18.9. The van der Waals surface area contributed by atoms with Crippen molar-refractivity contribution in [2.24, 2.45) is 0 Å². The van der Waals surface area contributed by atoms with Gasteiger partial charge in [0.25, 0.3) is 0 Å². The van der Waals surface area contributed by atoms with E-state index in [2.05, 4.69) is 140 Å². The second-order valence-electron chi connectivity index (χ2n) is 14.3. The van der Waals surface area contributed by atoms with Gasteiger partial charge in [0.15, 0.2) is 17.5 Å². The highest BCUT2D eigenvalue weighted by molar-refractivity contribution is 6.06. The summed E-state index contributed by atoms with van der Waals surface area (Å²) in [4.78, 5) is 14.7. The zero-order chi connectivity index (χ0) is 37.1. The van der Waals surface area contributed by atoms with Crippen LogP contribution in [0, 0.1) is 0 Å². The largest absolute Gasteiger partial charge is 0.456 e. The van der Waals surface area contributed by atoms with Gasteiger partial charge in [-0.05, 0) is 62.7 Å². The Labute approximate surface area is 324 Å². The molecule has 0 radical (unpaired) electrons. The highest BCUT2D eigenvalue weighted by atomic mass is 16.3. The van der Waals surface area contributed by atoms with Gasteiger partial charge in [-0.2, -0.15) is 0 Å². The van der Waals surface area contributed by atoms with E-state index in [0.29, 0.717) is 17.5 Å². The third-order valence-corrected chi connectivity index (χ3v) is 11.2. The molecule has 4 nitrogen and oxygen atoms in total. The van der Waals surface area contributed by atoms with E-state index in [1.165, 1.54) is 33.4 Å². The summed E-state index contributed by atoms with van der Waals surface area (Å²) in [5.41, 5.74) is 13.8. The molecule has 10 aromatic rings. The first kappa shape index (κ1) is 32.0. The maximum atomic E-state index is 6.75. The normalized spacial score (nSPS) is 12.8. The van der Waals surface area contributed by atoms with Crippen LogP contribution in [0.2, 0.25) is 0 Å². The van der Waals surface area contributed by atoms with E-state index in [1.807, 2.05) is 60.7 Å². The minimum Gasteiger partial charge on any atom is -0.456 e. The number of hydrogen-bond acceptors (Lipinski definition) is 4. The summed E-state index contributed by atoms with van der Waals surface area (Å²) in [5.74, 6) is 1.93. The predicted molar refractivity (Wildman–Crippen MR) is 226 cm³/mol. The summed E-state index contributed by atoms with van der Waals surface area (Å²) in [6.45, 7) is 0. The average molecular weight is 716 g/mol. The molecule has 0 aliphatic heterocycles. The van der Waals surface area contributed by atoms with Gasteiger partial charge in [-0.25, -0.2) is 15.0 Å². The van der Waals surface area contributed by atoms with Gasteiger partial charge in [0.05, 0.1) is 5.41 Å². The minimum absolute atomic E-state index is 0.475. The van der Waals surface area contributed by atoms with Gasteiger partial charge < -0.3 is 4.42 Å². The lowest BCUT2D eigenvalue weighted by Gasteiger charge is -2.33. The van der Waals surface area contributed by atoms with Gasteiger partial charge in [0.1, 0.15) is 11.2 Å². The van der Waals surface area contributed by atoms with Crippen LogP contribution < -0.4 is 0 Å². The van der Waals surface area contributed by atoms with Gasteiger partial charge in [-0.1, -0.05) is 182 Å². The molecule has 56 heavy (non-hydrogen) atoms. The number of nitrogens with zero attached hydrogens (tertiary/aromatic N) is 3. The smallest absolute Gasteiger partial charge is 0.164 e. The molecule has 0 amide bonds. The number of fused-ring (bicyclic) bond motifs is 6. The average Bonchev–Trinajstić information content (AvgIpc) is 3.80. The summed E-state index contributed by atoms with van der Waals surface area (Å²) >= 11 is 0. The first-order chi connectivity index (χ1) is 27.7. The van der Waals surface area contributed by atoms with Crippen LogP contribution in [0.4, 0.5) is 0 Å². The van der Waals surface area contributed by atoms with E-state index in [9.17, 15) is 0 Å². The quantitative estimate of drug-likeness (QED) is 0.172. The summed E-state index contributed by atoms with van der Waals surface area (Å²) in [6, 6.07) is 70.4. The lowest BCUT2D eigenvalue weighted by Crippen LogP contribution is -2.28. The molecule has 1 aliphatic rings. The summed E-state index contributed by atoms with van der Waals surface area (Å²) in [7, 11) is 0. The van der Waals surface area contributed by atoms with Crippen LogP contribution in [-0.2, 0) is 5.41 Å². The molecule has 2 aromatic heterocycles. The Balaban J connectivity index is 0.986. The number of benzene rings is 8. The van der Waals surface area contributed by atoms with E-state index in [4.69, 9.17) is 19.4 Å². The molecule has 262 valence electrons. The molecule has 0 bridgehead atoms. The molecule has 0 saturated heterocycles. The van der Waals surface area contributed by atoms with Crippen molar-refractivity contribution in [3.63, 3.8) is 0 Å². The van der Waals surface area contributed by atoms with E-state index in [0.717, 1.165) is 49.8 Å². The molecule has 0 saturated carbocycles. The van der Waals surface area contributed by atoms with E-state index < -0.39 is 5.41 Å². The van der Waals surface area contributed by atoms with Crippen LogP contribution >= 0.6 is 0 Å². The summed E-state index contributed by atoms with van der Waals surface area (Å²) in [6.07, 6.45) is 0. The molecule has 0 unspecified atom stereocenters. The second-order valence-corrected chi connectivity index (χ2v) is 14.3. The molecule has 11 rings (SSSR count). The van der Waals surface area contributed by atoms with Crippen molar-refractivity contribution in [3.8, 4) is 56.4 Å². The lowest BCUT2D eigenvalue weighted by atomic mass is 9.67. The molecule has 0 atom stereocenters. The van der Waals surface area contributed by atoms with Crippen molar-refractivity contribution in [2.75, 3.05) is 0 Å². The topological polar surface area (TPSA) is 51.8 Å². The fraction of sp³-hybridized carbons (Fsp3) is 0.0192. The summed E-state index contributed by atoms with van der Waals surface area (Å²) in [5, 5.41) is 2.20. The van der Waals surface area contributed by atoms with Crippen molar-refractivity contribution < 1.29 is 4.42 Å². The molecule has 0 N–H and O–H groups in total. The SMILES string of the molecule is c1ccc(-c2nc(-c3ccccc3)nc(-c3ccc(-c4ccc5c(c4)oc4cc(C6(c7ccccc7)c7ccccc7-c7ccccc76)ccc45)cc3)n2)cc1. The van der Waals surface area contributed by atoms with Crippen LogP contribution in [0.25, 0.3) is 78.4 Å². The maximum absolute atomic E-state index is 6.75. The molecular formula is C52H33N3O. The van der Waals surface area contributed by atoms with E-state index in [1.54, 1.807) is 0 Å². The summed E-state index contributed by atoms with van der Waals surface area (Å²) < 4.78 is 6.75. The van der Waals surface area contributed by atoms with E-state index >= 15 is 0 Å². The van der Waals surface area contributed by atoms with Crippen LogP contribution in [0.1, 0.15) is 22.3 Å².